The number of ether oxygens (including phenoxy) is 1. The van der Waals surface area contributed by atoms with E-state index >= 15 is 0 Å². The van der Waals surface area contributed by atoms with E-state index in [1.807, 2.05) is 66.7 Å². The molecule has 0 aromatic heterocycles. The zero-order valence-corrected chi connectivity index (χ0v) is 16.4. The van der Waals surface area contributed by atoms with Gasteiger partial charge in [-0.1, -0.05) is 91.0 Å². The molecule has 0 aliphatic heterocycles. The molecule has 2 N–H and O–H groups in total. The van der Waals surface area contributed by atoms with Gasteiger partial charge in [-0.15, -0.1) is 0 Å². The van der Waals surface area contributed by atoms with Gasteiger partial charge < -0.3 is 4.74 Å². The molecule has 0 radical (unpaired) electrons. The van der Waals surface area contributed by atoms with E-state index in [9.17, 15) is 0 Å². The zero-order chi connectivity index (χ0) is 21.0. The van der Waals surface area contributed by atoms with Gasteiger partial charge in [0.05, 0.1) is 0 Å². The van der Waals surface area contributed by atoms with Crippen molar-refractivity contribution in [3.05, 3.63) is 114 Å². The Morgan fingerprint density at radius 3 is 1.38 bits per heavy atom. The van der Waals surface area contributed by atoms with Crippen LogP contribution in [0.15, 0.2) is 103 Å². The van der Waals surface area contributed by atoms with E-state index in [1.54, 1.807) is 0 Å². The van der Waals surface area contributed by atoms with Crippen molar-refractivity contribution in [1.82, 2.24) is 0 Å². The monoisotopic (exact) mass is 410 g/mol. The van der Waals surface area contributed by atoms with Gasteiger partial charge >= 0.3 is 10.4 Å². The van der Waals surface area contributed by atoms with Crippen LogP contribution in [0.4, 0.5) is 0 Å². The lowest BCUT2D eigenvalue weighted by molar-refractivity contribution is 0.298. The molecule has 150 valence electrons. The Hall–Kier alpha value is -3.19. The molecule has 0 fully saturated rings. The van der Waals surface area contributed by atoms with Crippen LogP contribution in [0.3, 0.4) is 0 Å². The fourth-order valence-corrected chi connectivity index (χ4v) is 2.34. The number of para-hydroxylation sites is 1. The van der Waals surface area contributed by atoms with Crippen molar-refractivity contribution >= 4 is 22.6 Å². The van der Waals surface area contributed by atoms with Crippen molar-refractivity contribution in [2.24, 2.45) is 0 Å². The minimum absolute atomic E-state index is 0.132. The average Bonchev–Trinajstić information content (AvgIpc) is 2.71. The molecule has 0 bridgehead atoms. The highest BCUT2D eigenvalue weighted by Crippen LogP contribution is 2.14. The molecule has 0 saturated heterocycles. The van der Waals surface area contributed by atoms with Crippen molar-refractivity contribution in [3.63, 3.8) is 0 Å². The third-order valence-corrected chi connectivity index (χ3v) is 3.57. The predicted octanol–water partition coefficient (Wildman–Crippen LogP) is 5.21. The first-order valence-electron chi connectivity index (χ1n) is 8.78. The van der Waals surface area contributed by atoms with Gasteiger partial charge in [-0.25, -0.2) is 0 Å². The minimum atomic E-state index is -4.67. The normalized spacial score (nSPS) is 12.3. The number of hydrogen-bond donors (Lipinski definition) is 2. The van der Waals surface area contributed by atoms with Crippen molar-refractivity contribution in [3.8, 4) is 5.75 Å². The summed E-state index contributed by atoms with van der Waals surface area (Å²) in [6.45, 7) is 0. The van der Waals surface area contributed by atoms with Gasteiger partial charge in [0.15, 0.2) is 0 Å². The third kappa shape index (κ3) is 10.7. The highest BCUT2D eigenvalue weighted by Gasteiger charge is 2.02. The lowest BCUT2D eigenvalue weighted by atomic mass is 10.1. The molecule has 3 aromatic carbocycles. The summed E-state index contributed by atoms with van der Waals surface area (Å²) < 4.78 is 37.7. The average molecular weight is 410 g/mol. The second-order valence-corrected chi connectivity index (χ2v) is 6.78. The van der Waals surface area contributed by atoms with Crippen LogP contribution in [-0.2, 0) is 10.4 Å². The lowest BCUT2D eigenvalue weighted by Crippen LogP contribution is -2.09. The van der Waals surface area contributed by atoms with Crippen molar-refractivity contribution < 1.29 is 22.3 Å². The Bertz CT molecular complexity index is 941. The molecule has 0 spiro atoms. The Balaban J connectivity index is 0.000000537. The van der Waals surface area contributed by atoms with Gasteiger partial charge in [-0.2, -0.15) is 8.42 Å². The largest absolute Gasteiger partial charge is 0.482 e. The second kappa shape index (κ2) is 11.6. The molecule has 0 heterocycles. The Labute approximate surface area is 171 Å². The quantitative estimate of drug-likeness (QED) is 0.545. The third-order valence-electron chi connectivity index (χ3n) is 3.57. The number of hydrogen-bond acceptors (Lipinski definition) is 3. The molecule has 0 unspecified atom stereocenters. The molecule has 3 aromatic rings. The van der Waals surface area contributed by atoms with Crippen LogP contribution in [0.1, 0.15) is 11.1 Å². The summed E-state index contributed by atoms with van der Waals surface area (Å²) in [7, 11) is -4.67. The topological polar surface area (TPSA) is 83.8 Å². The molecule has 0 amide bonds. The van der Waals surface area contributed by atoms with Gasteiger partial charge in [-0.3, -0.25) is 9.11 Å². The first-order chi connectivity index (χ1) is 13.9. The minimum Gasteiger partial charge on any atom is -0.482 e. The van der Waals surface area contributed by atoms with E-state index in [2.05, 4.69) is 48.6 Å². The van der Waals surface area contributed by atoms with Gasteiger partial charge in [-0.05, 0) is 35.4 Å². The molecule has 3 rings (SSSR count). The predicted molar refractivity (Wildman–Crippen MR) is 116 cm³/mol. The van der Waals surface area contributed by atoms with E-state index in [0.29, 0.717) is 0 Å². The molecular formula is C23H22O5S. The molecule has 0 atom stereocenters. The van der Waals surface area contributed by atoms with E-state index in [1.165, 1.54) is 0 Å². The van der Waals surface area contributed by atoms with Gasteiger partial charge in [0, 0.05) is 0 Å². The van der Waals surface area contributed by atoms with E-state index in [-0.39, 0.29) is 6.10 Å². The van der Waals surface area contributed by atoms with E-state index < -0.39 is 10.4 Å². The van der Waals surface area contributed by atoms with Crippen LogP contribution < -0.4 is 4.74 Å². The van der Waals surface area contributed by atoms with Gasteiger partial charge in [0.1, 0.15) is 11.9 Å². The maximum Gasteiger partial charge on any atom is 0.394 e. The summed E-state index contributed by atoms with van der Waals surface area (Å²) in [6.07, 6.45) is 8.18. The zero-order valence-electron chi connectivity index (χ0n) is 15.6. The van der Waals surface area contributed by atoms with E-state index in [4.69, 9.17) is 22.3 Å². The summed E-state index contributed by atoms with van der Waals surface area (Å²) in [6, 6.07) is 30.4. The first kappa shape index (κ1) is 22.1. The summed E-state index contributed by atoms with van der Waals surface area (Å²) in [5.74, 6) is 0.859. The van der Waals surface area contributed by atoms with Crippen LogP contribution in [-0.4, -0.2) is 23.6 Å². The second-order valence-electron chi connectivity index (χ2n) is 5.88. The van der Waals surface area contributed by atoms with Crippen molar-refractivity contribution in [1.29, 1.82) is 0 Å². The number of benzene rings is 3. The molecule has 5 nitrogen and oxygen atoms in total. The maximum absolute atomic E-state index is 8.74. The molecule has 0 aliphatic rings. The van der Waals surface area contributed by atoms with Crippen LogP contribution >= 0.6 is 0 Å². The fourth-order valence-electron chi connectivity index (χ4n) is 2.34. The smallest absolute Gasteiger partial charge is 0.394 e. The van der Waals surface area contributed by atoms with Crippen LogP contribution in [0.25, 0.3) is 12.2 Å². The van der Waals surface area contributed by atoms with Crippen molar-refractivity contribution in [2.75, 3.05) is 0 Å². The lowest BCUT2D eigenvalue weighted by Gasteiger charge is -2.12. The van der Waals surface area contributed by atoms with Crippen molar-refractivity contribution in [2.45, 2.75) is 6.10 Å². The summed E-state index contributed by atoms with van der Waals surface area (Å²) in [4.78, 5) is 0. The van der Waals surface area contributed by atoms with Gasteiger partial charge in [0.25, 0.3) is 0 Å². The summed E-state index contributed by atoms with van der Waals surface area (Å²) in [5.41, 5.74) is 2.32. The highest BCUT2D eigenvalue weighted by molar-refractivity contribution is 7.79. The molecular weight excluding hydrogens is 388 g/mol. The molecule has 0 aliphatic carbocycles. The van der Waals surface area contributed by atoms with Crippen LogP contribution in [0.2, 0.25) is 0 Å². The molecule has 0 saturated carbocycles. The standard InChI is InChI=1S/C23H20O.H2O4S/c1-4-10-20(11-5-1)16-18-23(24-22-14-8-3-9-15-22)19-17-21-12-6-2-7-13-21;1-5(2,3)4/h1-19,23H;(H2,1,2,3,4). The fraction of sp³-hybridized carbons (Fsp3) is 0.0435. The number of rotatable bonds is 6. The Kier molecular flexibility index (Phi) is 8.85. The van der Waals surface area contributed by atoms with Crippen LogP contribution in [0.5, 0.6) is 5.75 Å². The molecule has 29 heavy (non-hydrogen) atoms. The highest BCUT2D eigenvalue weighted by atomic mass is 32.3. The Morgan fingerprint density at radius 1 is 0.655 bits per heavy atom. The summed E-state index contributed by atoms with van der Waals surface area (Å²) >= 11 is 0. The Morgan fingerprint density at radius 2 is 1.00 bits per heavy atom. The maximum atomic E-state index is 8.74. The summed E-state index contributed by atoms with van der Waals surface area (Å²) in [5, 5.41) is 0. The SMILES string of the molecule is C(=CC(C=Cc1ccccc1)Oc1ccccc1)c1ccccc1.O=S(=O)(O)O. The van der Waals surface area contributed by atoms with Crippen LogP contribution in [0, 0.1) is 0 Å². The first-order valence-corrected chi connectivity index (χ1v) is 10.2. The molecule has 6 heteroatoms. The van der Waals surface area contributed by atoms with E-state index in [0.717, 1.165) is 16.9 Å². The van der Waals surface area contributed by atoms with Gasteiger partial charge in [0.2, 0.25) is 0 Å².